The van der Waals surface area contributed by atoms with Gasteiger partial charge in [0.05, 0.1) is 28.6 Å². The fraction of sp³-hybridized carbons (Fsp3) is 0.350. The minimum atomic E-state index is -3.72. The first-order valence-electron chi connectivity index (χ1n) is 9.13. The molecule has 0 aliphatic carbocycles. The number of ether oxygens (including phenoxy) is 1. The summed E-state index contributed by atoms with van der Waals surface area (Å²) in [6.07, 6.45) is 2.43. The summed E-state index contributed by atoms with van der Waals surface area (Å²) in [5, 5.41) is 3.05. The monoisotopic (exact) mass is 458 g/mol. The van der Waals surface area contributed by atoms with Gasteiger partial charge < -0.3 is 10.1 Å². The molecule has 6 nitrogen and oxygen atoms in total. The number of carbonyl (C=O) groups is 1. The van der Waals surface area contributed by atoms with Crippen molar-refractivity contribution in [3.05, 3.63) is 58.1 Å². The van der Waals surface area contributed by atoms with E-state index in [1.807, 2.05) is 31.2 Å². The van der Waals surface area contributed by atoms with Crippen molar-refractivity contribution in [1.29, 1.82) is 0 Å². The van der Waals surface area contributed by atoms with Crippen LogP contribution in [0.25, 0.3) is 0 Å². The van der Waals surface area contributed by atoms with E-state index in [9.17, 15) is 13.2 Å². The highest BCUT2D eigenvalue weighted by atomic mass is 35.5. The minimum absolute atomic E-state index is 0.0833. The normalized spacial score (nSPS) is 11.2. The fourth-order valence-corrected chi connectivity index (χ4v) is 4.07. The van der Waals surface area contributed by atoms with E-state index in [1.54, 1.807) is 12.1 Å². The molecule has 0 aliphatic heterocycles. The van der Waals surface area contributed by atoms with Gasteiger partial charge in [-0.15, -0.1) is 0 Å². The van der Waals surface area contributed by atoms with Crippen LogP contribution in [0.1, 0.15) is 18.9 Å². The number of nitrogens with zero attached hydrogens (tertiary/aromatic N) is 1. The van der Waals surface area contributed by atoms with Gasteiger partial charge >= 0.3 is 0 Å². The number of hydrogen-bond acceptors (Lipinski definition) is 4. The zero-order valence-electron chi connectivity index (χ0n) is 16.3. The van der Waals surface area contributed by atoms with E-state index in [0.29, 0.717) is 19.6 Å². The van der Waals surface area contributed by atoms with Crippen LogP contribution in [0, 0.1) is 0 Å². The van der Waals surface area contributed by atoms with Crippen molar-refractivity contribution in [1.82, 2.24) is 5.32 Å². The summed E-state index contributed by atoms with van der Waals surface area (Å²) in [6, 6.07) is 12.4. The Morgan fingerprint density at radius 1 is 1.14 bits per heavy atom. The number of sulfonamides is 1. The van der Waals surface area contributed by atoms with E-state index < -0.39 is 15.9 Å². The zero-order valence-corrected chi connectivity index (χ0v) is 18.6. The first-order chi connectivity index (χ1) is 13.7. The van der Waals surface area contributed by atoms with E-state index in [-0.39, 0.29) is 22.3 Å². The van der Waals surface area contributed by atoms with Crippen LogP contribution in [0.3, 0.4) is 0 Å². The largest absolute Gasteiger partial charge is 0.494 e. The molecular formula is C20H24Cl2N2O4S. The fourth-order valence-electron chi connectivity index (χ4n) is 2.77. The third-order valence-electron chi connectivity index (χ3n) is 4.10. The van der Waals surface area contributed by atoms with Crippen molar-refractivity contribution < 1.29 is 17.9 Å². The number of hydrogen-bond donors (Lipinski definition) is 1. The zero-order chi connectivity index (χ0) is 21.4. The van der Waals surface area contributed by atoms with Crippen LogP contribution in [-0.2, 0) is 21.2 Å². The van der Waals surface area contributed by atoms with Crippen molar-refractivity contribution in [3.8, 4) is 5.75 Å². The van der Waals surface area contributed by atoms with Crippen molar-refractivity contribution >= 4 is 44.8 Å². The second-order valence-corrected chi connectivity index (χ2v) is 9.03. The van der Waals surface area contributed by atoms with Gasteiger partial charge in [-0.3, -0.25) is 9.10 Å². The van der Waals surface area contributed by atoms with Gasteiger partial charge in [-0.25, -0.2) is 8.42 Å². The molecule has 0 spiro atoms. The average molecular weight is 459 g/mol. The number of para-hydroxylation sites is 1. The molecule has 0 aliphatic rings. The maximum absolute atomic E-state index is 12.3. The summed E-state index contributed by atoms with van der Waals surface area (Å²) in [5.41, 5.74) is 1.23. The maximum atomic E-state index is 12.3. The van der Waals surface area contributed by atoms with Crippen LogP contribution < -0.4 is 14.4 Å². The molecule has 1 amide bonds. The number of amides is 1. The summed E-state index contributed by atoms with van der Waals surface area (Å²) in [5.74, 6) is 0.407. The topological polar surface area (TPSA) is 75.7 Å². The Bertz CT molecular complexity index is 951. The Morgan fingerprint density at radius 2 is 1.86 bits per heavy atom. The molecule has 0 radical (unpaired) electrons. The quantitative estimate of drug-likeness (QED) is 0.547. The molecule has 0 atom stereocenters. The smallest absolute Gasteiger partial charge is 0.240 e. The number of nitrogens with one attached hydrogen (secondary N) is 1. The molecule has 0 bridgehead atoms. The third kappa shape index (κ3) is 6.80. The second kappa shape index (κ2) is 10.7. The molecule has 0 aromatic heterocycles. The lowest BCUT2D eigenvalue weighted by atomic mass is 10.1. The number of halogens is 2. The van der Waals surface area contributed by atoms with E-state index in [0.717, 1.165) is 28.3 Å². The molecule has 158 valence electrons. The molecule has 2 aromatic carbocycles. The van der Waals surface area contributed by atoms with Crippen LogP contribution >= 0.6 is 23.2 Å². The van der Waals surface area contributed by atoms with Crippen LogP contribution in [0.4, 0.5) is 5.69 Å². The summed E-state index contributed by atoms with van der Waals surface area (Å²) in [7, 11) is -3.72. The predicted molar refractivity (Wildman–Crippen MR) is 118 cm³/mol. The SMILES string of the molecule is CCOc1ccccc1CCCNC(=O)CN(c1cccc(Cl)c1Cl)S(C)(=O)=O. The predicted octanol–water partition coefficient (Wildman–Crippen LogP) is 3.91. The molecule has 1 N–H and O–H groups in total. The first-order valence-corrected chi connectivity index (χ1v) is 11.7. The van der Waals surface area contributed by atoms with Crippen LogP contribution in [-0.4, -0.2) is 40.3 Å². The minimum Gasteiger partial charge on any atom is -0.494 e. The summed E-state index contributed by atoms with van der Waals surface area (Å²) >= 11 is 12.1. The van der Waals surface area contributed by atoms with Gasteiger partial charge in [0, 0.05) is 6.54 Å². The Morgan fingerprint density at radius 3 is 2.55 bits per heavy atom. The Balaban J connectivity index is 1.95. The average Bonchev–Trinajstić information content (AvgIpc) is 2.66. The highest BCUT2D eigenvalue weighted by Crippen LogP contribution is 2.33. The van der Waals surface area contributed by atoms with Gasteiger partial charge in [-0.1, -0.05) is 47.5 Å². The molecule has 0 unspecified atom stereocenters. The molecule has 9 heteroatoms. The highest BCUT2D eigenvalue weighted by Gasteiger charge is 2.23. The summed E-state index contributed by atoms with van der Waals surface area (Å²) < 4.78 is 30.9. The van der Waals surface area contributed by atoms with Gasteiger partial charge in [-0.05, 0) is 43.5 Å². The Labute approximate surface area is 181 Å². The summed E-state index contributed by atoms with van der Waals surface area (Å²) in [4.78, 5) is 12.3. The lowest BCUT2D eigenvalue weighted by Crippen LogP contribution is -2.40. The van der Waals surface area contributed by atoms with Crippen molar-refractivity contribution in [2.75, 3.05) is 30.3 Å². The van der Waals surface area contributed by atoms with E-state index >= 15 is 0 Å². The van der Waals surface area contributed by atoms with Crippen LogP contribution in [0.5, 0.6) is 5.75 Å². The maximum Gasteiger partial charge on any atom is 0.240 e. The van der Waals surface area contributed by atoms with Gasteiger partial charge in [0.15, 0.2) is 0 Å². The highest BCUT2D eigenvalue weighted by molar-refractivity contribution is 7.92. The summed E-state index contributed by atoms with van der Waals surface area (Å²) in [6.45, 7) is 2.53. The van der Waals surface area contributed by atoms with E-state index in [1.165, 1.54) is 6.07 Å². The number of carbonyl (C=O) groups excluding carboxylic acids is 1. The van der Waals surface area contributed by atoms with Crippen molar-refractivity contribution in [2.45, 2.75) is 19.8 Å². The van der Waals surface area contributed by atoms with E-state index in [4.69, 9.17) is 27.9 Å². The first kappa shape index (κ1) is 23.3. The molecule has 0 saturated carbocycles. The molecule has 0 fully saturated rings. The lowest BCUT2D eigenvalue weighted by molar-refractivity contribution is -0.119. The Hall–Kier alpha value is -1.96. The number of anilines is 1. The van der Waals surface area contributed by atoms with Crippen molar-refractivity contribution in [3.63, 3.8) is 0 Å². The molecular weight excluding hydrogens is 435 g/mol. The van der Waals surface area contributed by atoms with Gasteiger partial charge in [0.2, 0.25) is 15.9 Å². The molecule has 2 aromatic rings. The molecule has 0 saturated heterocycles. The van der Waals surface area contributed by atoms with Gasteiger partial charge in [0.25, 0.3) is 0 Å². The van der Waals surface area contributed by atoms with Gasteiger partial charge in [-0.2, -0.15) is 0 Å². The molecule has 2 rings (SSSR count). The van der Waals surface area contributed by atoms with Crippen molar-refractivity contribution in [2.24, 2.45) is 0 Å². The third-order valence-corrected chi connectivity index (χ3v) is 6.04. The second-order valence-electron chi connectivity index (χ2n) is 6.34. The van der Waals surface area contributed by atoms with Crippen LogP contribution in [0.2, 0.25) is 10.0 Å². The number of rotatable bonds is 10. The lowest BCUT2D eigenvalue weighted by Gasteiger charge is -2.23. The molecule has 29 heavy (non-hydrogen) atoms. The molecule has 0 heterocycles. The number of benzene rings is 2. The number of aryl methyl sites for hydroxylation is 1. The standard InChI is InChI=1S/C20H24Cl2N2O4S/c1-3-28-18-12-5-4-8-15(18)9-7-13-23-19(25)14-24(29(2,26)27)17-11-6-10-16(21)20(17)22/h4-6,8,10-12H,3,7,9,13-14H2,1-2H3,(H,23,25). The van der Waals surface area contributed by atoms with E-state index in [2.05, 4.69) is 5.32 Å². The van der Waals surface area contributed by atoms with Gasteiger partial charge in [0.1, 0.15) is 12.3 Å². The Kier molecular flexibility index (Phi) is 8.61. The van der Waals surface area contributed by atoms with Crippen LogP contribution in [0.15, 0.2) is 42.5 Å².